The van der Waals surface area contributed by atoms with Crippen LogP contribution in [0, 0.1) is 5.92 Å². The largest absolute Gasteiger partial charge is 0.382 e. The first-order valence-corrected chi connectivity index (χ1v) is 8.26. The summed E-state index contributed by atoms with van der Waals surface area (Å²) in [6, 6.07) is 0.926. The predicted octanol–water partition coefficient (Wildman–Crippen LogP) is 1.32. The molecule has 1 amide bonds. The highest BCUT2D eigenvalue weighted by molar-refractivity contribution is 7.18. The molecule has 1 saturated heterocycles. The van der Waals surface area contributed by atoms with Crippen molar-refractivity contribution in [2.24, 2.45) is 5.92 Å². The average molecular weight is 309 g/mol. The molecular weight excluding hydrogens is 286 g/mol. The van der Waals surface area contributed by atoms with Gasteiger partial charge in [0, 0.05) is 25.2 Å². The Morgan fingerprint density at radius 3 is 2.71 bits per heavy atom. The monoisotopic (exact) mass is 309 g/mol. The number of likely N-dealkylation sites (N-methyl/N-ethyl adjacent to an activating group) is 1. The van der Waals surface area contributed by atoms with E-state index in [4.69, 9.17) is 5.73 Å². The number of nitrogens with zero attached hydrogens (tertiary/aromatic N) is 3. The van der Waals surface area contributed by atoms with Crippen LogP contribution in [0.5, 0.6) is 0 Å². The maximum Gasteiger partial charge on any atom is 0.267 e. The van der Waals surface area contributed by atoms with Crippen LogP contribution in [0.3, 0.4) is 0 Å². The van der Waals surface area contributed by atoms with Gasteiger partial charge in [0.1, 0.15) is 10.7 Å². The van der Waals surface area contributed by atoms with Crippen LogP contribution in [0.15, 0.2) is 0 Å². The second-order valence-electron chi connectivity index (χ2n) is 6.37. The highest BCUT2D eigenvalue weighted by Gasteiger charge is 2.35. The fraction of sp³-hybridized carbons (Fsp3) is 0.714. The zero-order valence-corrected chi connectivity index (χ0v) is 13.6. The minimum absolute atomic E-state index is 0.0186. The van der Waals surface area contributed by atoms with Crippen molar-refractivity contribution >= 4 is 28.2 Å². The lowest BCUT2D eigenvalue weighted by Gasteiger charge is -2.22. The van der Waals surface area contributed by atoms with E-state index >= 15 is 0 Å². The second-order valence-corrected chi connectivity index (χ2v) is 7.37. The van der Waals surface area contributed by atoms with Crippen LogP contribution in [-0.2, 0) is 0 Å². The molecule has 0 radical (unpaired) electrons. The number of nitrogens with one attached hydrogen (secondary N) is 1. The van der Waals surface area contributed by atoms with Gasteiger partial charge in [-0.3, -0.25) is 4.79 Å². The molecule has 116 valence electrons. The Balaban J connectivity index is 1.71. The lowest BCUT2D eigenvalue weighted by Crippen LogP contribution is -2.35. The third-order valence-electron chi connectivity index (χ3n) is 4.28. The summed E-state index contributed by atoms with van der Waals surface area (Å²) in [5, 5.41) is 4.08. The molecule has 21 heavy (non-hydrogen) atoms. The summed E-state index contributed by atoms with van der Waals surface area (Å²) in [7, 11) is 4.13. The normalized spacial score (nSPS) is 25.6. The number of amides is 1. The van der Waals surface area contributed by atoms with E-state index in [-0.39, 0.29) is 5.91 Å². The van der Waals surface area contributed by atoms with Crippen molar-refractivity contribution in [3.8, 4) is 0 Å². The SMILES string of the molecule is CC1CN(C(=O)c2sc(NC3CC3)nc2N)CC1N(C)C. The van der Waals surface area contributed by atoms with Gasteiger partial charge in [-0.05, 0) is 32.9 Å². The van der Waals surface area contributed by atoms with E-state index in [1.54, 1.807) is 0 Å². The van der Waals surface area contributed by atoms with Crippen LogP contribution in [0.25, 0.3) is 0 Å². The summed E-state index contributed by atoms with van der Waals surface area (Å²) in [6.07, 6.45) is 2.35. The van der Waals surface area contributed by atoms with Crippen molar-refractivity contribution in [1.29, 1.82) is 0 Å². The summed E-state index contributed by atoms with van der Waals surface area (Å²) in [5.74, 6) is 0.848. The minimum atomic E-state index is 0.0186. The summed E-state index contributed by atoms with van der Waals surface area (Å²) < 4.78 is 0. The topological polar surface area (TPSA) is 74.5 Å². The van der Waals surface area contributed by atoms with E-state index in [0.717, 1.165) is 18.2 Å². The quantitative estimate of drug-likeness (QED) is 0.877. The number of thiazole rings is 1. The summed E-state index contributed by atoms with van der Waals surface area (Å²) in [6.45, 7) is 3.73. The molecular formula is C14H23N5OS. The maximum atomic E-state index is 12.7. The van der Waals surface area contributed by atoms with E-state index in [1.165, 1.54) is 24.2 Å². The molecule has 2 heterocycles. The van der Waals surface area contributed by atoms with Gasteiger partial charge in [-0.1, -0.05) is 18.3 Å². The minimum Gasteiger partial charge on any atom is -0.382 e. The molecule has 6 nitrogen and oxygen atoms in total. The number of hydrogen-bond donors (Lipinski definition) is 2. The Labute approximate surface area is 129 Å². The Morgan fingerprint density at radius 2 is 2.14 bits per heavy atom. The standard InChI is InChI=1S/C14H23N5OS/c1-8-6-19(7-10(8)18(2)3)13(20)11-12(15)17-14(21-11)16-9-4-5-9/h8-10H,4-7,15H2,1-3H3,(H,16,17). The average Bonchev–Trinajstić information content (AvgIpc) is 3.02. The molecule has 1 saturated carbocycles. The van der Waals surface area contributed by atoms with Gasteiger partial charge in [0.25, 0.3) is 5.91 Å². The summed E-state index contributed by atoms with van der Waals surface area (Å²) in [5.41, 5.74) is 5.94. The third-order valence-corrected chi connectivity index (χ3v) is 5.27. The molecule has 2 unspecified atom stereocenters. The number of carbonyl (C=O) groups excluding carboxylic acids is 1. The van der Waals surface area contributed by atoms with Gasteiger partial charge in [0.15, 0.2) is 5.13 Å². The van der Waals surface area contributed by atoms with Crippen LogP contribution in [-0.4, -0.2) is 60.0 Å². The Hall–Kier alpha value is -1.34. The third kappa shape index (κ3) is 2.98. The molecule has 3 N–H and O–H groups in total. The van der Waals surface area contributed by atoms with Gasteiger partial charge in [0.2, 0.25) is 0 Å². The van der Waals surface area contributed by atoms with E-state index in [1.807, 2.05) is 4.90 Å². The van der Waals surface area contributed by atoms with E-state index < -0.39 is 0 Å². The van der Waals surface area contributed by atoms with E-state index in [0.29, 0.717) is 28.7 Å². The lowest BCUT2D eigenvalue weighted by atomic mass is 10.1. The first-order chi connectivity index (χ1) is 9.95. The molecule has 7 heteroatoms. The van der Waals surface area contributed by atoms with Gasteiger partial charge in [-0.2, -0.15) is 0 Å². The number of likely N-dealkylation sites (tertiary alicyclic amines) is 1. The fourth-order valence-electron chi connectivity index (χ4n) is 2.88. The highest BCUT2D eigenvalue weighted by Crippen LogP contribution is 2.32. The first kappa shape index (κ1) is 14.6. The number of nitrogen functional groups attached to an aromatic ring is 1. The molecule has 2 aliphatic rings. The molecule has 0 aromatic carbocycles. The predicted molar refractivity (Wildman–Crippen MR) is 85.7 cm³/mol. The Morgan fingerprint density at radius 1 is 1.43 bits per heavy atom. The number of carbonyl (C=O) groups is 1. The number of nitrogens with two attached hydrogens (primary N) is 1. The summed E-state index contributed by atoms with van der Waals surface area (Å²) in [4.78, 5) is 21.6. The molecule has 1 aromatic heterocycles. The van der Waals surface area contributed by atoms with Gasteiger partial charge in [-0.25, -0.2) is 4.98 Å². The number of anilines is 2. The second kappa shape index (κ2) is 5.46. The van der Waals surface area contributed by atoms with Crippen molar-refractivity contribution in [3.05, 3.63) is 4.88 Å². The van der Waals surface area contributed by atoms with Gasteiger partial charge >= 0.3 is 0 Å². The Bertz CT molecular complexity index is 539. The smallest absolute Gasteiger partial charge is 0.267 e. The van der Waals surface area contributed by atoms with Crippen molar-refractivity contribution in [1.82, 2.24) is 14.8 Å². The van der Waals surface area contributed by atoms with Crippen LogP contribution in [0.2, 0.25) is 0 Å². The molecule has 0 bridgehead atoms. The van der Waals surface area contributed by atoms with Crippen molar-refractivity contribution in [2.75, 3.05) is 38.2 Å². The van der Waals surface area contributed by atoms with Gasteiger partial charge < -0.3 is 20.9 Å². The van der Waals surface area contributed by atoms with Crippen molar-refractivity contribution < 1.29 is 4.79 Å². The van der Waals surface area contributed by atoms with Crippen LogP contribution in [0.1, 0.15) is 29.4 Å². The molecule has 0 spiro atoms. The molecule has 1 aliphatic carbocycles. The van der Waals surface area contributed by atoms with Crippen LogP contribution >= 0.6 is 11.3 Å². The van der Waals surface area contributed by atoms with Gasteiger partial charge in [0.05, 0.1) is 0 Å². The van der Waals surface area contributed by atoms with E-state index in [9.17, 15) is 4.79 Å². The lowest BCUT2D eigenvalue weighted by molar-refractivity contribution is 0.0787. The molecule has 3 rings (SSSR count). The molecule has 1 aliphatic heterocycles. The Kier molecular flexibility index (Phi) is 3.79. The zero-order valence-electron chi connectivity index (χ0n) is 12.8. The molecule has 1 aromatic rings. The molecule has 2 atom stereocenters. The highest BCUT2D eigenvalue weighted by atomic mass is 32.1. The number of hydrogen-bond acceptors (Lipinski definition) is 6. The first-order valence-electron chi connectivity index (χ1n) is 7.44. The van der Waals surface area contributed by atoms with Gasteiger partial charge in [-0.15, -0.1) is 0 Å². The van der Waals surface area contributed by atoms with Crippen molar-refractivity contribution in [2.45, 2.75) is 31.8 Å². The maximum absolute atomic E-state index is 12.7. The van der Waals surface area contributed by atoms with Crippen LogP contribution < -0.4 is 11.1 Å². The van der Waals surface area contributed by atoms with Crippen LogP contribution in [0.4, 0.5) is 10.9 Å². The number of rotatable bonds is 4. The number of aromatic nitrogens is 1. The molecule has 2 fully saturated rings. The van der Waals surface area contributed by atoms with E-state index in [2.05, 4.69) is 36.2 Å². The summed E-state index contributed by atoms with van der Waals surface area (Å²) >= 11 is 1.38. The fourth-order valence-corrected chi connectivity index (χ4v) is 3.81. The van der Waals surface area contributed by atoms with Crippen molar-refractivity contribution in [3.63, 3.8) is 0 Å². The zero-order chi connectivity index (χ0) is 15.1.